The van der Waals surface area contributed by atoms with Crippen LogP contribution in [0.15, 0.2) is 58.6 Å². The van der Waals surface area contributed by atoms with E-state index in [1.54, 1.807) is 16.3 Å². The summed E-state index contributed by atoms with van der Waals surface area (Å²) in [5.74, 6) is 0.877. The molecule has 6 nitrogen and oxygen atoms in total. The molecule has 0 bridgehead atoms. The third kappa shape index (κ3) is 2.63. The number of hydrogen-bond donors (Lipinski definition) is 1. The summed E-state index contributed by atoms with van der Waals surface area (Å²) in [6, 6.07) is 13.6. The van der Waals surface area contributed by atoms with Gasteiger partial charge in [-0.25, -0.2) is 4.79 Å². The first kappa shape index (κ1) is 14.1. The molecule has 0 aliphatic heterocycles. The Balaban J connectivity index is 1.44. The summed E-state index contributed by atoms with van der Waals surface area (Å²) in [5, 5.41) is 9.21. The van der Waals surface area contributed by atoms with E-state index in [0.717, 1.165) is 34.0 Å². The lowest BCUT2D eigenvalue weighted by molar-refractivity contribution is 0.678. The van der Waals surface area contributed by atoms with Crippen LogP contribution >= 0.6 is 11.8 Å². The minimum Gasteiger partial charge on any atom is -0.306 e. The molecule has 0 unspecified atom stereocenters. The molecule has 0 saturated carbocycles. The molecule has 0 saturated heterocycles. The van der Waals surface area contributed by atoms with Gasteiger partial charge in [0.2, 0.25) is 0 Å². The molecule has 0 amide bonds. The maximum atomic E-state index is 12.0. The molecule has 0 radical (unpaired) electrons. The number of rotatable bonds is 5. The molecule has 7 heteroatoms. The van der Waals surface area contributed by atoms with Gasteiger partial charge >= 0.3 is 5.69 Å². The number of nitrogens with one attached hydrogen (secondary N) is 1. The van der Waals surface area contributed by atoms with Crippen molar-refractivity contribution in [1.29, 1.82) is 0 Å². The smallest absolute Gasteiger partial charge is 0.306 e. The Bertz CT molecular complexity index is 1020. The van der Waals surface area contributed by atoms with Crippen LogP contribution in [0.25, 0.3) is 16.7 Å². The number of thioether (sulfide) groups is 1. The Morgan fingerprint density at radius 2 is 1.96 bits per heavy atom. The van der Waals surface area contributed by atoms with Gasteiger partial charge in [-0.2, -0.15) is 0 Å². The highest BCUT2D eigenvalue weighted by molar-refractivity contribution is 7.99. The Kier molecular flexibility index (Phi) is 3.63. The Morgan fingerprint density at radius 1 is 1.09 bits per heavy atom. The van der Waals surface area contributed by atoms with E-state index < -0.39 is 0 Å². The lowest BCUT2D eigenvalue weighted by Crippen LogP contribution is -2.17. The van der Waals surface area contributed by atoms with Gasteiger partial charge in [0.25, 0.3) is 0 Å². The van der Waals surface area contributed by atoms with Crippen LogP contribution in [0, 0.1) is 0 Å². The molecule has 4 rings (SSSR count). The first-order valence-corrected chi connectivity index (χ1v) is 8.41. The van der Waals surface area contributed by atoms with E-state index in [-0.39, 0.29) is 5.69 Å². The SMILES string of the molecule is O=c1[nH]c2ccccc2n1CCCSc1nnc2ccccn12. The predicted octanol–water partition coefficient (Wildman–Crippen LogP) is 2.55. The van der Waals surface area contributed by atoms with Crippen LogP contribution in [0.1, 0.15) is 6.42 Å². The molecular formula is C16H15N5OS. The van der Waals surface area contributed by atoms with Gasteiger partial charge < -0.3 is 4.98 Å². The number of fused-ring (bicyclic) bond motifs is 2. The molecule has 1 aromatic carbocycles. The van der Waals surface area contributed by atoms with Crippen LogP contribution in [0.5, 0.6) is 0 Å². The fourth-order valence-electron chi connectivity index (χ4n) is 2.63. The minimum absolute atomic E-state index is 0.0517. The van der Waals surface area contributed by atoms with Gasteiger partial charge in [0.15, 0.2) is 10.8 Å². The first-order chi connectivity index (χ1) is 11.3. The number of aromatic nitrogens is 5. The molecule has 0 aliphatic rings. The second kappa shape index (κ2) is 5.92. The molecule has 1 N–H and O–H groups in total. The number of para-hydroxylation sites is 2. The predicted molar refractivity (Wildman–Crippen MR) is 90.9 cm³/mol. The average Bonchev–Trinajstić information content (AvgIpc) is 3.12. The van der Waals surface area contributed by atoms with Crippen molar-refractivity contribution in [2.45, 2.75) is 18.1 Å². The molecule has 23 heavy (non-hydrogen) atoms. The number of imidazole rings is 1. The fraction of sp³-hybridized carbons (Fsp3) is 0.188. The van der Waals surface area contributed by atoms with Gasteiger partial charge in [-0.15, -0.1) is 10.2 Å². The molecular weight excluding hydrogens is 310 g/mol. The number of aromatic amines is 1. The van der Waals surface area contributed by atoms with E-state index in [9.17, 15) is 4.79 Å². The normalized spacial score (nSPS) is 11.5. The topological polar surface area (TPSA) is 68.0 Å². The highest BCUT2D eigenvalue weighted by Gasteiger charge is 2.07. The van der Waals surface area contributed by atoms with Gasteiger partial charge in [-0.05, 0) is 30.7 Å². The van der Waals surface area contributed by atoms with Crippen LogP contribution in [0.4, 0.5) is 0 Å². The molecule has 116 valence electrons. The Hall–Kier alpha value is -2.54. The summed E-state index contributed by atoms with van der Waals surface area (Å²) in [6.45, 7) is 0.687. The van der Waals surface area contributed by atoms with E-state index >= 15 is 0 Å². The number of pyridine rings is 1. The van der Waals surface area contributed by atoms with Crippen LogP contribution < -0.4 is 5.69 Å². The Labute approximate surface area is 136 Å². The molecule has 0 fully saturated rings. The highest BCUT2D eigenvalue weighted by atomic mass is 32.2. The zero-order valence-electron chi connectivity index (χ0n) is 12.3. The van der Waals surface area contributed by atoms with Crippen molar-refractivity contribution >= 4 is 28.4 Å². The highest BCUT2D eigenvalue weighted by Crippen LogP contribution is 2.18. The van der Waals surface area contributed by atoms with Gasteiger partial charge in [0, 0.05) is 18.5 Å². The number of hydrogen-bond acceptors (Lipinski definition) is 4. The summed E-state index contributed by atoms with van der Waals surface area (Å²) >= 11 is 1.65. The van der Waals surface area contributed by atoms with Gasteiger partial charge in [-0.3, -0.25) is 8.97 Å². The van der Waals surface area contributed by atoms with E-state index in [1.165, 1.54) is 0 Å². The van der Waals surface area contributed by atoms with Crippen LogP contribution in [-0.2, 0) is 6.54 Å². The number of H-pyrrole nitrogens is 1. The van der Waals surface area contributed by atoms with Crippen LogP contribution in [0.3, 0.4) is 0 Å². The van der Waals surface area contributed by atoms with Crippen LogP contribution in [-0.4, -0.2) is 29.9 Å². The van der Waals surface area contributed by atoms with E-state index in [0.29, 0.717) is 6.54 Å². The van der Waals surface area contributed by atoms with Gasteiger partial charge in [0.1, 0.15) is 0 Å². The second-order valence-electron chi connectivity index (χ2n) is 5.21. The zero-order valence-corrected chi connectivity index (χ0v) is 13.2. The maximum Gasteiger partial charge on any atom is 0.326 e. The van der Waals surface area contributed by atoms with Crippen LogP contribution in [0.2, 0.25) is 0 Å². The summed E-state index contributed by atoms with van der Waals surface area (Å²) in [4.78, 5) is 14.9. The summed E-state index contributed by atoms with van der Waals surface area (Å²) in [6.07, 6.45) is 2.84. The van der Waals surface area contributed by atoms with Crippen molar-refractivity contribution in [2.75, 3.05) is 5.75 Å². The van der Waals surface area contributed by atoms with E-state index in [2.05, 4.69) is 15.2 Å². The molecule has 4 aromatic rings. The van der Waals surface area contributed by atoms with Crippen molar-refractivity contribution in [3.63, 3.8) is 0 Å². The largest absolute Gasteiger partial charge is 0.326 e. The van der Waals surface area contributed by atoms with Crippen molar-refractivity contribution in [1.82, 2.24) is 24.1 Å². The Morgan fingerprint density at radius 3 is 2.91 bits per heavy atom. The number of benzene rings is 1. The van der Waals surface area contributed by atoms with Crippen molar-refractivity contribution < 1.29 is 0 Å². The van der Waals surface area contributed by atoms with E-state index in [4.69, 9.17) is 0 Å². The monoisotopic (exact) mass is 325 g/mol. The summed E-state index contributed by atoms with van der Waals surface area (Å²) in [7, 11) is 0. The van der Waals surface area contributed by atoms with Crippen molar-refractivity contribution in [3.8, 4) is 0 Å². The van der Waals surface area contributed by atoms with Crippen molar-refractivity contribution in [3.05, 3.63) is 59.1 Å². The number of nitrogens with zero attached hydrogens (tertiary/aromatic N) is 4. The second-order valence-corrected chi connectivity index (χ2v) is 6.27. The van der Waals surface area contributed by atoms with E-state index in [1.807, 2.05) is 53.1 Å². The van der Waals surface area contributed by atoms with Crippen molar-refractivity contribution in [2.24, 2.45) is 0 Å². The van der Waals surface area contributed by atoms with Gasteiger partial charge in [0.05, 0.1) is 11.0 Å². The average molecular weight is 325 g/mol. The summed E-state index contributed by atoms with van der Waals surface area (Å²) in [5.41, 5.74) is 2.64. The molecule has 3 heterocycles. The fourth-order valence-corrected chi connectivity index (χ4v) is 3.48. The molecule has 0 atom stereocenters. The van der Waals surface area contributed by atoms with Gasteiger partial charge in [-0.1, -0.05) is 30.0 Å². The summed E-state index contributed by atoms with van der Waals surface area (Å²) < 4.78 is 3.76. The first-order valence-electron chi connectivity index (χ1n) is 7.43. The standard InChI is InChI=1S/C16H15N5OS/c22-15-17-12-6-1-2-7-13(12)20(15)10-5-11-23-16-19-18-14-8-3-4-9-21(14)16/h1-4,6-9H,5,10-11H2,(H,17,22). The lowest BCUT2D eigenvalue weighted by atomic mass is 10.3. The maximum absolute atomic E-state index is 12.0. The third-order valence-electron chi connectivity index (χ3n) is 3.72. The molecule has 0 aliphatic carbocycles. The number of aryl methyl sites for hydroxylation is 1. The minimum atomic E-state index is -0.0517. The quantitative estimate of drug-likeness (QED) is 0.452. The molecule has 0 spiro atoms. The molecule has 3 aromatic heterocycles. The lowest BCUT2D eigenvalue weighted by Gasteiger charge is -2.03. The zero-order chi connectivity index (χ0) is 15.6. The third-order valence-corrected chi connectivity index (χ3v) is 4.75.